The number of rotatable bonds is 0. The summed E-state index contributed by atoms with van der Waals surface area (Å²) < 4.78 is 5.63. The maximum absolute atomic E-state index is 5.63. The topological polar surface area (TPSA) is 34.0 Å². The average molecular weight is 252 g/mol. The average Bonchev–Trinajstić information content (AvgIpc) is 2.39. The highest BCUT2D eigenvalue weighted by Crippen LogP contribution is 2.06. The summed E-state index contributed by atoms with van der Waals surface area (Å²) >= 11 is 0. The van der Waals surface area contributed by atoms with Crippen molar-refractivity contribution in [2.24, 2.45) is 9.98 Å². The van der Waals surface area contributed by atoms with Gasteiger partial charge in [-0.25, -0.2) is 9.98 Å². The van der Waals surface area contributed by atoms with Crippen molar-refractivity contribution in [2.75, 3.05) is 26.3 Å². The van der Waals surface area contributed by atoms with Gasteiger partial charge in [0.05, 0.1) is 6.01 Å². The van der Waals surface area contributed by atoms with Gasteiger partial charge in [-0.1, -0.05) is 38.5 Å². The predicted octanol–water partition coefficient (Wildman–Crippen LogP) is 4.09. The summed E-state index contributed by atoms with van der Waals surface area (Å²) in [6.07, 6.45) is 12.5. The summed E-state index contributed by atoms with van der Waals surface area (Å²) in [5.74, 6) is 0. The van der Waals surface area contributed by atoms with Crippen LogP contribution in [-0.2, 0) is 4.74 Å². The highest BCUT2D eigenvalue weighted by Gasteiger charge is 1.94. The Morgan fingerprint density at radius 2 is 1.00 bits per heavy atom. The molecule has 0 unspecified atom stereocenters. The zero-order valence-corrected chi connectivity index (χ0v) is 11.7. The maximum Gasteiger partial charge on any atom is 0.0892 e. The lowest BCUT2D eigenvalue weighted by atomic mass is 10.1. The summed E-state index contributed by atoms with van der Waals surface area (Å²) in [6.45, 7) is 3.66. The summed E-state index contributed by atoms with van der Waals surface area (Å²) in [7, 11) is 0. The fourth-order valence-electron chi connectivity index (χ4n) is 2.10. The molecule has 1 rings (SSSR count). The molecule has 1 aliphatic heterocycles. The first kappa shape index (κ1) is 15.4. The fraction of sp³-hybridized carbons (Fsp3) is 0.933. The Balaban J connectivity index is 2.13. The Morgan fingerprint density at radius 1 is 0.556 bits per heavy atom. The fourth-order valence-corrected chi connectivity index (χ4v) is 2.10. The van der Waals surface area contributed by atoms with Gasteiger partial charge in [0.1, 0.15) is 0 Å². The number of aliphatic imine (C=N–C) groups is 2. The predicted molar refractivity (Wildman–Crippen MR) is 76.6 cm³/mol. The molecule has 1 aliphatic rings. The van der Waals surface area contributed by atoms with Crippen LogP contribution in [0.25, 0.3) is 0 Å². The van der Waals surface area contributed by atoms with E-state index in [1.165, 1.54) is 57.8 Å². The van der Waals surface area contributed by atoms with Gasteiger partial charge in [-0.2, -0.15) is 0 Å². The molecule has 0 amide bonds. The van der Waals surface area contributed by atoms with Gasteiger partial charge in [-0.15, -0.1) is 0 Å². The summed E-state index contributed by atoms with van der Waals surface area (Å²) in [5.41, 5.74) is 0. The van der Waals surface area contributed by atoms with Gasteiger partial charge in [0.2, 0.25) is 0 Å². The van der Waals surface area contributed by atoms with Crippen molar-refractivity contribution in [1.29, 1.82) is 0 Å². The van der Waals surface area contributed by atoms with Gasteiger partial charge in [-0.3, -0.25) is 0 Å². The maximum atomic E-state index is 5.63. The highest BCUT2D eigenvalue weighted by molar-refractivity contribution is 5.40. The normalized spacial score (nSPS) is 22.2. The molecule has 0 aromatic heterocycles. The Hall–Kier alpha value is -0.660. The Bertz CT molecular complexity index is 215. The zero-order chi connectivity index (χ0) is 12.7. The van der Waals surface area contributed by atoms with E-state index in [9.17, 15) is 0 Å². The molecule has 0 atom stereocenters. The van der Waals surface area contributed by atoms with Crippen LogP contribution in [0, 0.1) is 0 Å². The summed E-state index contributed by atoms with van der Waals surface area (Å²) in [5, 5.41) is 0. The number of nitrogens with zero attached hydrogens (tertiary/aromatic N) is 2. The van der Waals surface area contributed by atoms with Gasteiger partial charge in [0, 0.05) is 26.3 Å². The third-order valence-corrected chi connectivity index (χ3v) is 3.26. The number of hydrogen-bond acceptors (Lipinski definition) is 3. The van der Waals surface area contributed by atoms with Crippen LogP contribution < -0.4 is 0 Å². The van der Waals surface area contributed by atoms with Crippen LogP contribution in [0.15, 0.2) is 9.98 Å². The number of hydrogen-bond donors (Lipinski definition) is 0. The monoisotopic (exact) mass is 252 g/mol. The zero-order valence-electron chi connectivity index (χ0n) is 11.7. The lowest BCUT2D eigenvalue weighted by molar-refractivity contribution is 0.125. The van der Waals surface area contributed by atoms with E-state index >= 15 is 0 Å². The van der Waals surface area contributed by atoms with Crippen molar-refractivity contribution in [3.05, 3.63) is 0 Å². The van der Waals surface area contributed by atoms with Crippen molar-refractivity contribution in [3.63, 3.8) is 0 Å². The second-order valence-electron chi connectivity index (χ2n) is 5.01. The van der Waals surface area contributed by atoms with Crippen molar-refractivity contribution in [1.82, 2.24) is 0 Å². The molecule has 0 radical (unpaired) electrons. The SMILES string of the molecule is C1=NCCCCCCCCOCCCCCCN=1. The minimum atomic E-state index is 0.879. The Labute approximate surface area is 112 Å². The van der Waals surface area contributed by atoms with Crippen molar-refractivity contribution >= 4 is 6.01 Å². The van der Waals surface area contributed by atoms with E-state index in [2.05, 4.69) is 16.0 Å². The molecule has 1 heterocycles. The van der Waals surface area contributed by atoms with Crippen LogP contribution in [0.4, 0.5) is 0 Å². The summed E-state index contributed by atoms with van der Waals surface area (Å²) in [6, 6.07) is 2.81. The highest BCUT2D eigenvalue weighted by atomic mass is 16.5. The van der Waals surface area contributed by atoms with Crippen LogP contribution in [-0.4, -0.2) is 32.3 Å². The van der Waals surface area contributed by atoms with Gasteiger partial charge < -0.3 is 4.74 Å². The van der Waals surface area contributed by atoms with Crippen LogP contribution in [0.1, 0.15) is 64.2 Å². The van der Waals surface area contributed by atoms with Crippen LogP contribution >= 0.6 is 0 Å². The largest absolute Gasteiger partial charge is 0.381 e. The van der Waals surface area contributed by atoms with Gasteiger partial charge in [-0.05, 0) is 25.7 Å². The third kappa shape index (κ3) is 10.5. The first-order valence-electron chi connectivity index (χ1n) is 7.66. The molecule has 0 aliphatic carbocycles. The molecular weight excluding hydrogens is 224 g/mol. The van der Waals surface area contributed by atoms with E-state index < -0.39 is 0 Å². The molecule has 0 saturated heterocycles. The minimum absolute atomic E-state index is 0.879. The first-order chi connectivity index (χ1) is 9.00. The Morgan fingerprint density at radius 3 is 1.56 bits per heavy atom. The molecule has 0 aromatic carbocycles. The molecule has 0 spiro atoms. The first-order valence-corrected chi connectivity index (χ1v) is 7.66. The van der Waals surface area contributed by atoms with E-state index in [1.54, 1.807) is 0 Å². The smallest absolute Gasteiger partial charge is 0.0892 e. The van der Waals surface area contributed by atoms with E-state index in [-0.39, 0.29) is 0 Å². The van der Waals surface area contributed by atoms with Crippen LogP contribution in [0.2, 0.25) is 0 Å². The van der Waals surface area contributed by atoms with E-state index in [4.69, 9.17) is 4.74 Å². The minimum Gasteiger partial charge on any atom is -0.381 e. The van der Waals surface area contributed by atoms with E-state index in [0.29, 0.717) is 0 Å². The molecule has 0 bridgehead atoms. The van der Waals surface area contributed by atoms with Crippen LogP contribution in [0.5, 0.6) is 0 Å². The molecular formula is C15H28N2O. The summed E-state index contributed by atoms with van der Waals surface area (Å²) in [4.78, 5) is 8.38. The van der Waals surface area contributed by atoms with Gasteiger partial charge >= 0.3 is 0 Å². The van der Waals surface area contributed by atoms with E-state index in [1.807, 2.05) is 0 Å². The lowest BCUT2D eigenvalue weighted by Gasteiger charge is -2.04. The molecule has 3 nitrogen and oxygen atoms in total. The third-order valence-electron chi connectivity index (χ3n) is 3.26. The second-order valence-corrected chi connectivity index (χ2v) is 5.01. The molecule has 18 heavy (non-hydrogen) atoms. The molecule has 0 fully saturated rings. The Kier molecular flexibility index (Phi) is 10.9. The standard InChI is InChI=1S/C15H28N2O/c1-2-5-9-13-18-14-10-6-4-8-12-17-15-16-11-7-3-1/h1-14H2. The quantitative estimate of drug-likeness (QED) is 0.639. The van der Waals surface area contributed by atoms with Gasteiger partial charge in [0.25, 0.3) is 0 Å². The molecule has 3 heteroatoms. The van der Waals surface area contributed by atoms with Gasteiger partial charge in [0.15, 0.2) is 0 Å². The molecule has 0 saturated carbocycles. The second kappa shape index (κ2) is 12.8. The van der Waals surface area contributed by atoms with E-state index in [0.717, 1.165) is 32.7 Å². The van der Waals surface area contributed by atoms with Crippen molar-refractivity contribution < 1.29 is 4.74 Å². The number of ether oxygens (including phenoxy) is 1. The molecule has 0 N–H and O–H groups in total. The van der Waals surface area contributed by atoms with Crippen LogP contribution in [0.3, 0.4) is 0 Å². The molecule has 0 aromatic rings. The van der Waals surface area contributed by atoms with Crippen molar-refractivity contribution in [2.45, 2.75) is 64.2 Å². The van der Waals surface area contributed by atoms with Crippen molar-refractivity contribution in [3.8, 4) is 0 Å². The lowest BCUT2D eigenvalue weighted by Crippen LogP contribution is -1.97. The molecule has 104 valence electrons.